The van der Waals surface area contributed by atoms with E-state index in [4.69, 9.17) is 14.2 Å². The van der Waals surface area contributed by atoms with Crippen molar-refractivity contribution in [3.05, 3.63) is 39.8 Å². The van der Waals surface area contributed by atoms with Crippen LogP contribution in [0.5, 0.6) is 11.5 Å². The van der Waals surface area contributed by atoms with E-state index in [0.29, 0.717) is 40.8 Å². The number of esters is 1. The highest BCUT2D eigenvalue weighted by atomic mass is 32.1. The van der Waals surface area contributed by atoms with Gasteiger partial charge in [-0.05, 0) is 51.0 Å². The molecule has 0 unspecified atom stereocenters. The fourth-order valence-corrected chi connectivity index (χ4v) is 3.53. The molecule has 0 radical (unpaired) electrons. The standard InChI is InChI=1S/C20H25NO5S/c1-6-10-26-15-9-8-14(11-16(15)25-7-2)18(22)21-19-17(20(23)24-5)12(3)13(4)27-19/h8-9,11H,6-7,10H2,1-5H3,(H,21,22). The van der Waals surface area contributed by atoms with Crippen molar-refractivity contribution in [1.82, 2.24) is 0 Å². The van der Waals surface area contributed by atoms with E-state index in [1.165, 1.54) is 18.4 Å². The Morgan fingerprint density at radius 1 is 1.11 bits per heavy atom. The Balaban J connectivity index is 2.29. The van der Waals surface area contributed by atoms with Crippen LogP contribution in [-0.4, -0.2) is 32.2 Å². The highest BCUT2D eigenvalue weighted by Crippen LogP contribution is 2.34. The van der Waals surface area contributed by atoms with Crippen LogP contribution in [0.15, 0.2) is 18.2 Å². The summed E-state index contributed by atoms with van der Waals surface area (Å²) in [5.41, 5.74) is 1.61. The predicted octanol–water partition coefficient (Wildman–Crippen LogP) is 4.59. The number of aryl methyl sites for hydroxylation is 1. The molecule has 2 rings (SSSR count). The number of hydrogen-bond donors (Lipinski definition) is 1. The molecule has 27 heavy (non-hydrogen) atoms. The number of rotatable bonds is 8. The van der Waals surface area contributed by atoms with E-state index in [2.05, 4.69) is 5.32 Å². The number of anilines is 1. The minimum absolute atomic E-state index is 0.329. The van der Waals surface area contributed by atoms with Gasteiger partial charge in [0.1, 0.15) is 5.00 Å². The molecule has 2 aromatic rings. The molecule has 0 bridgehead atoms. The molecule has 1 N–H and O–H groups in total. The second-order valence-electron chi connectivity index (χ2n) is 5.88. The first-order valence-electron chi connectivity index (χ1n) is 8.82. The summed E-state index contributed by atoms with van der Waals surface area (Å²) in [5.74, 6) is 0.327. The Labute approximate surface area is 163 Å². The van der Waals surface area contributed by atoms with E-state index in [0.717, 1.165) is 16.9 Å². The molecular weight excluding hydrogens is 366 g/mol. The number of amides is 1. The van der Waals surface area contributed by atoms with Gasteiger partial charge >= 0.3 is 5.97 Å². The molecule has 6 nitrogen and oxygen atoms in total. The fourth-order valence-electron chi connectivity index (χ4n) is 2.49. The maximum atomic E-state index is 12.7. The molecule has 0 aliphatic carbocycles. The van der Waals surface area contributed by atoms with Crippen LogP contribution in [0.1, 0.15) is 51.4 Å². The number of methoxy groups -OCH3 is 1. The number of benzene rings is 1. The molecule has 0 aliphatic heterocycles. The summed E-state index contributed by atoms with van der Waals surface area (Å²) in [4.78, 5) is 25.7. The Hall–Kier alpha value is -2.54. The van der Waals surface area contributed by atoms with Crippen LogP contribution in [-0.2, 0) is 4.74 Å². The third-order valence-electron chi connectivity index (χ3n) is 3.97. The van der Waals surface area contributed by atoms with E-state index in [-0.39, 0.29) is 5.91 Å². The lowest BCUT2D eigenvalue weighted by Crippen LogP contribution is -2.14. The van der Waals surface area contributed by atoms with Gasteiger partial charge in [0.2, 0.25) is 0 Å². The molecule has 1 heterocycles. The Kier molecular flexibility index (Phi) is 7.24. The van der Waals surface area contributed by atoms with Crippen LogP contribution < -0.4 is 14.8 Å². The predicted molar refractivity (Wildman–Crippen MR) is 106 cm³/mol. The molecule has 1 amide bonds. The summed E-state index contributed by atoms with van der Waals surface area (Å²) < 4.78 is 16.1. The van der Waals surface area contributed by atoms with Crippen molar-refractivity contribution in [3.63, 3.8) is 0 Å². The van der Waals surface area contributed by atoms with Crippen molar-refractivity contribution in [2.45, 2.75) is 34.1 Å². The Bertz CT molecular complexity index is 828. The Morgan fingerprint density at radius 2 is 1.85 bits per heavy atom. The van der Waals surface area contributed by atoms with Crippen molar-refractivity contribution in [1.29, 1.82) is 0 Å². The van der Waals surface area contributed by atoms with Crippen LogP contribution in [0.2, 0.25) is 0 Å². The van der Waals surface area contributed by atoms with Gasteiger partial charge in [0, 0.05) is 10.4 Å². The minimum Gasteiger partial charge on any atom is -0.490 e. The van der Waals surface area contributed by atoms with E-state index in [1.807, 2.05) is 27.7 Å². The Morgan fingerprint density at radius 3 is 2.48 bits per heavy atom. The monoisotopic (exact) mass is 391 g/mol. The van der Waals surface area contributed by atoms with Crippen molar-refractivity contribution >= 4 is 28.2 Å². The van der Waals surface area contributed by atoms with Gasteiger partial charge in [0.05, 0.1) is 25.9 Å². The van der Waals surface area contributed by atoms with Crippen molar-refractivity contribution < 1.29 is 23.8 Å². The first-order chi connectivity index (χ1) is 12.9. The highest BCUT2D eigenvalue weighted by Gasteiger charge is 2.22. The summed E-state index contributed by atoms with van der Waals surface area (Å²) in [6.45, 7) is 8.66. The molecule has 0 spiro atoms. The minimum atomic E-state index is -0.467. The number of ether oxygens (including phenoxy) is 3. The van der Waals surface area contributed by atoms with Crippen LogP contribution in [0, 0.1) is 13.8 Å². The summed E-state index contributed by atoms with van der Waals surface area (Å²) >= 11 is 1.35. The lowest BCUT2D eigenvalue weighted by molar-refractivity contribution is 0.0601. The number of thiophene rings is 1. The van der Waals surface area contributed by atoms with Crippen molar-refractivity contribution in [3.8, 4) is 11.5 Å². The average molecular weight is 391 g/mol. The number of carbonyl (C=O) groups excluding carboxylic acids is 2. The molecule has 0 atom stereocenters. The van der Waals surface area contributed by atoms with Gasteiger partial charge in [-0.2, -0.15) is 0 Å². The average Bonchev–Trinajstić information content (AvgIpc) is 2.93. The summed E-state index contributed by atoms with van der Waals surface area (Å²) in [7, 11) is 1.32. The van der Waals surface area contributed by atoms with Gasteiger partial charge < -0.3 is 19.5 Å². The highest BCUT2D eigenvalue weighted by molar-refractivity contribution is 7.16. The SMILES string of the molecule is CCCOc1ccc(C(=O)Nc2sc(C)c(C)c2C(=O)OC)cc1OCC. The lowest BCUT2D eigenvalue weighted by atomic mass is 10.1. The maximum Gasteiger partial charge on any atom is 0.341 e. The molecule has 1 aromatic heterocycles. The normalized spacial score (nSPS) is 10.4. The van der Waals surface area contributed by atoms with E-state index < -0.39 is 5.97 Å². The summed E-state index contributed by atoms with van der Waals surface area (Å²) in [6.07, 6.45) is 0.876. The van der Waals surface area contributed by atoms with E-state index in [1.54, 1.807) is 18.2 Å². The topological polar surface area (TPSA) is 73.9 Å². The lowest BCUT2D eigenvalue weighted by Gasteiger charge is -2.13. The summed E-state index contributed by atoms with van der Waals surface area (Å²) in [5, 5.41) is 3.30. The van der Waals surface area contributed by atoms with Crippen molar-refractivity contribution in [2.24, 2.45) is 0 Å². The van der Waals surface area contributed by atoms with Crippen LogP contribution in [0.25, 0.3) is 0 Å². The smallest absolute Gasteiger partial charge is 0.341 e. The first-order valence-corrected chi connectivity index (χ1v) is 9.63. The van der Waals surface area contributed by atoms with E-state index >= 15 is 0 Å². The molecular formula is C20H25NO5S. The quantitative estimate of drug-likeness (QED) is 0.666. The third kappa shape index (κ3) is 4.80. The van der Waals surface area contributed by atoms with Gasteiger partial charge in [0.15, 0.2) is 11.5 Å². The molecule has 0 saturated heterocycles. The van der Waals surface area contributed by atoms with Crippen LogP contribution in [0.4, 0.5) is 5.00 Å². The number of hydrogen-bond acceptors (Lipinski definition) is 6. The van der Waals surface area contributed by atoms with Gasteiger partial charge in [-0.15, -0.1) is 11.3 Å². The first kappa shape index (κ1) is 20.8. The van der Waals surface area contributed by atoms with Gasteiger partial charge in [-0.1, -0.05) is 6.92 Å². The number of nitrogens with one attached hydrogen (secondary N) is 1. The van der Waals surface area contributed by atoms with Crippen LogP contribution >= 0.6 is 11.3 Å². The fraction of sp³-hybridized carbons (Fsp3) is 0.400. The molecule has 0 aliphatic rings. The summed E-state index contributed by atoms with van der Waals surface area (Å²) in [6, 6.07) is 5.05. The van der Waals surface area contributed by atoms with E-state index in [9.17, 15) is 9.59 Å². The molecule has 146 valence electrons. The molecule has 0 fully saturated rings. The molecule has 1 aromatic carbocycles. The van der Waals surface area contributed by atoms with Gasteiger partial charge in [-0.25, -0.2) is 4.79 Å². The zero-order chi connectivity index (χ0) is 20.0. The largest absolute Gasteiger partial charge is 0.490 e. The second-order valence-corrected chi connectivity index (χ2v) is 7.10. The van der Waals surface area contributed by atoms with Gasteiger partial charge in [-0.3, -0.25) is 4.79 Å². The third-order valence-corrected chi connectivity index (χ3v) is 5.09. The van der Waals surface area contributed by atoms with Crippen LogP contribution in [0.3, 0.4) is 0 Å². The second kappa shape index (κ2) is 9.41. The molecule has 7 heteroatoms. The zero-order valence-corrected chi connectivity index (χ0v) is 17.1. The maximum absolute atomic E-state index is 12.7. The zero-order valence-electron chi connectivity index (χ0n) is 16.3. The number of carbonyl (C=O) groups is 2. The van der Waals surface area contributed by atoms with Gasteiger partial charge in [0.25, 0.3) is 5.91 Å². The molecule has 0 saturated carbocycles. The van der Waals surface area contributed by atoms with Crippen molar-refractivity contribution in [2.75, 3.05) is 25.6 Å².